The first kappa shape index (κ1) is 16.2. The number of aliphatic hydroxyl groups is 1. The summed E-state index contributed by atoms with van der Waals surface area (Å²) in [4.78, 5) is 1.74. The van der Waals surface area contributed by atoms with Crippen LogP contribution in [0.2, 0.25) is 0 Å². The molecule has 0 spiro atoms. The first-order chi connectivity index (χ1) is 9.83. The molecule has 1 N–H and O–H groups in total. The van der Waals surface area contributed by atoms with Crippen molar-refractivity contribution in [2.75, 3.05) is 37.8 Å². The van der Waals surface area contributed by atoms with Crippen molar-refractivity contribution in [3.8, 4) is 0 Å². The lowest BCUT2D eigenvalue weighted by atomic mass is 10.1. The zero-order valence-electron chi connectivity index (χ0n) is 12.6. The number of hydrogen-bond donors (Lipinski definition) is 1. The molecule has 0 saturated carbocycles. The second kappa shape index (κ2) is 6.29. The van der Waals surface area contributed by atoms with Gasteiger partial charge in [-0.3, -0.25) is 0 Å². The molecule has 1 aromatic rings. The van der Waals surface area contributed by atoms with Crippen molar-refractivity contribution in [2.45, 2.75) is 25.9 Å². The Bertz CT molecular complexity index is 572. The van der Waals surface area contributed by atoms with E-state index < -0.39 is 16.1 Å². The van der Waals surface area contributed by atoms with E-state index in [-0.39, 0.29) is 11.7 Å². The number of hydrogen-bond acceptors (Lipinski definition) is 7. The van der Waals surface area contributed by atoms with Crippen molar-refractivity contribution in [1.82, 2.24) is 14.5 Å². The maximum absolute atomic E-state index is 11.9. The number of aliphatic hydroxyl groups excluding tert-OH is 1. The second-order valence-corrected chi connectivity index (χ2v) is 7.75. The monoisotopic (exact) mass is 318 g/mol. The van der Waals surface area contributed by atoms with Gasteiger partial charge in [0.25, 0.3) is 0 Å². The molecule has 0 aromatic carbocycles. The van der Waals surface area contributed by atoms with Gasteiger partial charge in [-0.2, -0.15) is 0 Å². The Kier molecular flexibility index (Phi) is 4.84. The summed E-state index contributed by atoms with van der Waals surface area (Å²) in [6.45, 7) is 2.72. The molecule has 1 saturated heterocycles. The van der Waals surface area contributed by atoms with Gasteiger partial charge in [0.05, 0.1) is 11.9 Å². The fraction of sp³-hybridized carbons (Fsp3) is 0.833. The Morgan fingerprint density at radius 2 is 2.10 bits per heavy atom. The Morgan fingerprint density at radius 3 is 2.71 bits per heavy atom. The van der Waals surface area contributed by atoms with Gasteiger partial charge in [0.2, 0.25) is 15.9 Å². The largest absolute Gasteiger partial charge is 0.408 e. The molecule has 0 aliphatic carbocycles. The zero-order chi connectivity index (χ0) is 15.6. The van der Waals surface area contributed by atoms with Crippen molar-refractivity contribution < 1.29 is 17.9 Å². The van der Waals surface area contributed by atoms with Crippen LogP contribution in [0, 0.1) is 5.92 Å². The smallest absolute Gasteiger partial charge is 0.318 e. The SMILES string of the molecule is CCCc1nnc(N2C[C@@H](CS(=O)(=O)N(C)C)[C@@H](O)C2)o1. The van der Waals surface area contributed by atoms with E-state index in [4.69, 9.17) is 4.42 Å². The third kappa shape index (κ3) is 3.72. The molecule has 21 heavy (non-hydrogen) atoms. The standard InChI is InChI=1S/C12H22N4O4S/c1-4-5-11-13-14-12(20-11)16-6-9(10(17)7-16)8-21(18,19)15(2)3/h9-10,17H,4-8H2,1-3H3/t9-,10-/m0/s1. The second-order valence-electron chi connectivity index (χ2n) is 5.52. The first-order valence-electron chi connectivity index (χ1n) is 6.99. The van der Waals surface area contributed by atoms with Gasteiger partial charge in [0, 0.05) is 39.5 Å². The van der Waals surface area contributed by atoms with Crippen LogP contribution in [0.3, 0.4) is 0 Å². The third-order valence-electron chi connectivity index (χ3n) is 3.58. The molecule has 9 heteroatoms. The summed E-state index contributed by atoms with van der Waals surface area (Å²) in [5.74, 6) is 0.110. The van der Waals surface area contributed by atoms with Gasteiger partial charge in [0.1, 0.15) is 0 Å². The summed E-state index contributed by atoms with van der Waals surface area (Å²) in [6.07, 6.45) is 0.900. The molecule has 1 fully saturated rings. The Morgan fingerprint density at radius 1 is 1.38 bits per heavy atom. The van der Waals surface area contributed by atoms with Crippen LogP contribution in [0.25, 0.3) is 0 Å². The summed E-state index contributed by atoms with van der Waals surface area (Å²) in [5, 5.41) is 18.0. The van der Waals surface area contributed by atoms with Crippen LogP contribution < -0.4 is 4.90 Å². The van der Waals surface area contributed by atoms with Gasteiger partial charge in [-0.25, -0.2) is 12.7 Å². The number of anilines is 1. The van der Waals surface area contributed by atoms with Crippen LogP contribution in [-0.2, 0) is 16.4 Å². The Labute approximate surface area is 124 Å². The van der Waals surface area contributed by atoms with Gasteiger partial charge >= 0.3 is 6.01 Å². The van der Waals surface area contributed by atoms with Crippen LogP contribution in [0.5, 0.6) is 0 Å². The molecule has 120 valence electrons. The third-order valence-corrected chi connectivity index (χ3v) is 5.54. The maximum Gasteiger partial charge on any atom is 0.318 e. The maximum atomic E-state index is 11.9. The summed E-state index contributed by atoms with van der Waals surface area (Å²) < 4.78 is 30.5. The number of nitrogens with zero attached hydrogens (tertiary/aromatic N) is 4. The summed E-state index contributed by atoms with van der Waals surface area (Å²) in [7, 11) is -0.364. The quantitative estimate of drug-likeness (QED) is 0.769. The first-order valence-corrected chi connectivity index (χ1v) is 8.60. The Balaban J connectivity index is 2.03. The van der Waals surface area contributed by atoms with Crippen molar-refractivity contribution >= 4 is 16.0 Å². The van der Waals surface area contributed by atoms with Crippen LogP contribution in [0.1, 0.15) is 19.2 Å². The number of β-amino-alcohol motifs (C(OH)–C–C–N with tert-alkyl or cyclic N) is 1. The van der Waals surface area contributed by atoms with E-state index in [1.807, 2.05) is 6.92 Å². The predicted octanol–water partition coefficient (Wildman–Crippen LogP) is -0.289. The molecule has 0 radical (unpaired) electrons. The van der Waals surface area contributed by atoms with E-state index in [1.165, 1.54) is 18.4 Å². The number of sulfonamides is 1. The average Bonchev–Trinajstić information content (AvgIpc) is 2.97. The fourth-order valence-corrected chi connectivity index (χ4v) is 3.45. The van der Waals surface area contributed by atoms with Crippen LogP contribution in [0.15, 0.2) is 4.42 Å². The van der Waals surface area contributed by atoms with Gasteiger partial charge in [0.15, 0.2) is 0 Å². The molecule has 0 amide bonds. The lowest BCUT2D eigenvalue weighted by Crippen LogP contribution is -2.33. The van der Waals surface area contributed by atoms with Crippen molar-refractivity contribution in [3.05, 3.63) is 5.89 Å². The van der Waals surface area contributed by atoms with E-state index in [0.717, 1.165) is 6.42 Å². The lowest BCUT2D eigenvalue weighted by Gasteiger charge is -2.17. The zero-order valence-corrected chi connectivity index (χ0v) is 13.4. The molecule has 1 aliphatic heterocycles. The molecular formula is C12H22N4O4S. The van der Waals surface area contributed by atoms with Gasteiger partial charge in [-0.05, 0) is 6.42 Å². The van der Waals surface area contributed by atoms with E-state index in [0.29, 0.717) is 31.4 Å². The fourth-order valence-electron chi connectivity index (χ4n) is 2.28. The lowest BCUT2D eigenvalue weighted by molar-refractivity contribution is 0.157. The normalized spacial score (nSPS) is 23.2. The molecule has 0 unspecified atom stereocenters. The number of aryl methyl sites for hydroxylation is 1. The minimum absolute atomic E-state index is 0.0897. The van der Waals surface area contributed by atoms with Crippen molar-refractivity contribution in [2.24, 2.45) is 5.92 Å². The molecule has 0 bridgehead atoms. The molecule has 1 aliphatic rings. The Hall–Kier alpha value is -1.19. The van der Waals surface area contributed by atoms with Crippen LogP contribution in [-0.4, -0.2) is 67.1 Å². The molecule has 1 aromatic heterocycles. The predicted molar refractivity (Wildman–Crippen MR) is 77.5 cm³/mol. The minimum atomic E-state index is -3.34. The highest BCUT2D eigenvalue weighted by Gasteiger charge is 2.37. The molecule has 2 rings (SSSR count). The van der Waals surface area contributed by atoms with Crippen LogP contribution in [0.4, 0.5) is 6.01 Å². The molecule has 2 heterocycles. The number of aromatic nitrogens is 2. The molecule has 2 atom stereocenters. The minimum Gasteiger partial charge on any atom is -0.408 e. The summed E-state index contributed by atoms with van der Waals surface area (Å²) in [5.41, 5.74) is 0. The topological polar surface area (TPSA) is 99.8 Å². The van der Waals surface area contributed by atoms with Crippen molar-refractivity contribution in [3.63, 3.8) is 0 Å². The summed E-state index contributed by atoms with van der Waals surface area (Å²) >= 11 is 0. The van der Waals surface area contributed by atoms with Gasteiger partial charge in [-0.15, -0.1) is 5.10 Å². The van der Waals surface area contributed by atoms with Gasteiger partial charge < -0.3 is 14.4 Å². The van der Waals surface area contributed by atoms with E-state index >= 15 is 0 Å². The highest BCUT2D eigenvalue weighted by Crippen LogP contribution is 2.25. The molecular weight excluding hydrogens is 296 g/mol. The van der Waals surface area contributed by atoms with Crippen LogP contribution >= 0.6 is 0 Å². The van der Waals surface area contributed by atoms with E-state index in [2.05, 4.69) is 10.2 Å². The van der Waals surface area contributed by atoms with E-state index in [9.17, 15) is 13.5 Å². The highest BCUT2D eigenvalue weighted by molar-refractivity contribution is 7.89. The summed E-state index contributed by atoms with van der Waals surface area (Å²) in [6, 6.07) is 0.349. The van der Waals surface area contributed by atoms with E-state index in [1.54, 1.807) is 4.90 Å². The highest BCUT2D eigenvalue weighted by atomic mass is 32.2. The molecule has 8 nitrogen and oxygen atoms in total. The van der Waals surface area contributed by atoms with Crippen molar-refractivity contribution in [1.29, 1.82) is 0 Å². The number of rotatable bonds is 6. The average molecular weight is 318 g/mol. The van der Waals surface area contributed by atoms with Gasteiger partial charge in [-0.1, -0.05) is 12.0 Å².